The van der Waals surface area contributed by atoms with E-state index < -0.39 is 0 Å². The lowest BCUT2D eigenvalue weighted by Gasteiger charge is -2.24. The standard InChI is InChI=1S/C20H24N4O2/c1-2-15-9-10-20(26)24(15)16-7-3-13(4-8-16)11-19(25)21-18-12-17(22-23-18)14-5-6-14/h3-4,7-8,12,14-15H,2,5-6,9-11H2,1H3,(H2,21,22,23,25). The van der Waals surface area contributed by atoms with Gasteiger partial charge in [-0.1, -0.05) is 19.1 Å². The van der Waals surface area contributed by atoms with Gasteiger partial charge in [-0.25, -0.2) is 0 Å². The van der Waals surface area contributed by atoms with E-state index in [2.05, 4.69) is 22.4 Å². The van der Waals surface area contributed by atoms with Crippen LogP contribution in [0.1, 0.15) is 56.2 Å². The number of aromatic amines is 1. The van der Waals surface area contributed by atoms with Crippen LogP contribution in [0.5, 0.6) is 0 Å². The zero-order chi connectivity index (χ0) is 18.1. The molecule has 1 aliphatic heterocycles. The fraction of sp³-hybridized carbons (Fsp3) is 0.450. The maximum absolute atomic E-state index is 12.2. The summed E-state index contributed by atoms with van der Waals surface area (Å²) in [6.45, 7) is 2.11. The summed E-state index contributed by atoms with van der Waals surface area (Å²) in [5.74, 6) is 1.27. The molecule has 2 fully saturated rings. The molecule has 2 amide bonds. The zero-order valence-corrected chi connectivity index (χ0v) is 15.0. The number of aromatic nitrogens is 2. The van der Waals surface area contributed by atoms with Crippen LogP contribution in [0.25, 0.3) is 0 Å². The van der Waals surface area contributed by atoms with Gasteiger partial charge in [0.25, 0.3) is 0 Å². The minimum atomic E-state index is -0.0877. The lowest BCUT2D eigenvalue weighted by Crippen LogP contribution is -2.32. The Morgan fingerprint density at radius 2 is 2.04 bits per heavy atom. The van der Waals surface area contributed by atoms with Gasteiger partial charge < -0.3 is 10.2 Å². The number of hydrogen-bond donors (Lipinski definition) is 2. The molecular formula is C20H24N4O2. The number of hydrogen-bond acceptors (Lipinski definition) is 3. The topological polar surface area (TPSA) is 78.1 Å². The van der Waals surface area contributed by atoms with Crippen molar-refractivity contribution < 1.29 is 9.59 Å². The molecule has 1 aromatic carbocycles. The molecule has 1 saturated heterocycles. The Kier molecular flexibility index (Phi) is 4.49. The van der Waals surface area contributed by atoms with Gasteiger partial charge in [-0.05, 0) is 43.4 Å². The quantitative estimate of drug-likeness (QED) is 0.837. The van der Waals surface area contributed by atoms with Crippen molar-refractivity contribution in [3.05, 3.63) is 41.6 Å². The van der Waals surface area contributed by atoms with Gasteiger partial charge >= 0.3 is 0 Å². The van der Waals surface area contributed by atoms with Gasteiger partial charge in [0.2, 0.25) is 11.8 Å². The number of rotatable bonds is 6. The lowest BCUT2D eigenvalue weighted by atomic mass is 10.1. The Morgan fingerprint density at radius 1 is 1.27 bits per heavy atom. The van der Waals surface area contributed by atoms with E-state index in [9.17, 15) is 9.59 Å². The van der Waals surface area contributed by atoms with Gasteiger partial charge in [-0.3, -0.25) is 14.7 Å². The minimum absolute atomic E-state index is 0.0877. The lowest BCUT2D eigenvalue weighted by molar-refractivity contribution is -0.117. The first kappa shape index (κ1) is 16.8. The van der Waals surface area contributed by atoms with Crippen LogP contribution in [0, 0.1) is 0 Å². The monoisotopic (exact) mass is 352 g/mol. The molecule has 136 valence electrons. The average Bonchev–Trinajstić information content (AvgIpc) is 3.27. The molecule has 2 aliphatic rings. The summed E-state index contributed by atoms with van der Waals surface area (Å²) in [5, 5.41) is 9.98. The molecule has 0 spiro atoms. The van der Waals surface area contributed by atoms with Crippen molar-refractivity contribution in [1.29, 1.82) is 0 Å². The van der Waals surface area contributed by atoms with E-state index in [1.807, 2.05) is 35.2 Å². The van der Waals surface area contributed by atoms with Crippen LogP contribution < -0.4 is 10.2 Å². The van der Waals surface area contributed by atoms with Crippen molar-refractivity contribution in [2.75, 3.05) is 10.2 Å². The molecule has 1 unspecified atom stereocenters. The first-order valence-electron chi connectivity index (χ1n) is 9.40. The highest BCUT2D eigenvalue weighted by molar-refractivity contribution is 5.96. The maximum Gasteiger partial charge on any atom is 0.229 e. The van der Waals surface area contributed by atoms with E-state index in [0.717, 1.165) is 29.8 Å². The molecule has 0 bridgehead atoms. The summed E-state index contributed by atoms with van der Waals surface area (Å²) in [6, 6.07) is 9.93. The van der Waals surface area contributed by atoms with Crippen molar-refractivity contribution >= 4 is 23.3 Å². The third kappa shape index (κ3) is 3.49. The predicted molar refractivity (Wildman–Crippen MR) is 100 cm³/mol. The molecule has 26 heavy (non-hydrogen) atoms. The normalized spacial score (nSPS) is 19.8. The Labute approximate surface area is 153 Å². The second-order valence-electron chi connectivity index (χ2n) is 7.24. The molecule has 2 aromatic rings. The third-order valence-corrected chi connectivity index (χ3v) is 5.26. The summed E-state index contributed by atoms with van der Waals surface area (Å²) < 4.78 is 0. The van der Waals surface area contributed by atoms with E-state index in [1.54, 1.807) is 0 Å². The molecule has 2 N–H and O–H groups in total. The summed E-state index contributed by atoms with van der Waals surface area (Å²) in [7, 11) is 0. The number of carbonyl (C=O) groups is 2. The molecule has 1 aromatic heterocycles. The number of nitrogens with zero attached hydrogens (tertiary/aromatic N) is 2. The number of anilines is 2. The minimum Gasteiger partial charge on any atom is -0.309 e. The number of amides is 2. The Bertz CT molecular complexity index is 807. The van der Waals surface area contributed by atoms with Gasteiger partial charge in [-0.15, -0.1) is 0 Å². The highest BCUT2D eigenvalue weighted by Gasteiger charge is 2.30. The Morgan fingerprint density at radius 3 is 2.73 bits per heavy atom. The van der Waals surface area contributed by atoms with E-state index in [-0.39, 0.29) is 24.3 Å². The molecule has 1 aliphatic carbocycles. The fourth-order valence-electron chi connectivity index (χ4n) is 3.64. The Hall–Kier alpha value is -2.63. The van der Waals surface area contributed by atoms with Gasteiger partial charge in [-0.2, -0.15) is 5.10 Å². The highest BCUT2D eigenvalue weighted by Crippen LogP contribution is 2.39. The summed E-state index contributed by atoms with van der Waals surface area (Å²) in [5.41, 5.74) is 2.94. The molecule has 0 radical (unpaired) electrons. The average molecular weight is 352 g/mol. The molecule has 6 nitrogen and oxygen atoms in total. The first-order chi connectivity index (χ1) is 12.6. The van der Waals surface area contributed by atoms with Crippen LogP contribution >= 0.6 is 0 Å². The van der Waals surface area contributed by atoms with Crippen molar-refractivity contribution in [3.8, 4) is 0 Å². The van der Waals surface area contributed by atoms with E-state index in [1.165, 1.54) is 12.8 Å². The molecular weight excluding hydrogens is 328 g/mol. The van der Waals surface area contributed by atoms with E-state index in [4.69, 9.17) is 0 Å². The van der Waals surface area contributed by atoms with Crippen LogP contribution in [0.4, 0.5) is 11.5 Å². The summed E-state index contributed by atoms with van der Waals surface area (Å²) >= 11 is 0. The Balaban J connectivity index is 1.37. The van der Waals surface area contributed by atoms with Crippen molar-refractivity contribution in [2.45, 2.75) is 57.4 Å². The highest BCUT2D eigenvalue weighted by atomic mass is 16.2. The molecule has 6 heteroatoms. The maximum atomic E-state index is 12.2. The number of H-pyrrole nitrogens is 1. The van der Waals surface area contributed by atoms with Crippen molar-refractivity contribution in [3.63, 3.8) is 0 Å². The SMILES string of the molecule is CCC1CCC(=O)N1c1ccc(CC(=O)Nc2cc(C3CC3)[nH]n2)cc1. The fourth-order valence-corrected chi connectivity index (χ4v) is 3.64. The molecule has 4 rings (SSSR count). The van der Waals surface area contributed by atoms with E-state index >= 15 is 0 Å². The van der Waals surface area contributed by atoms with Crippen LogP contribution in [0.3, 0.4) is 0 Å². The van der Waals surface area contributed by atoms with Crippen LogP contribution in [-0.4, -0.2) is 28.1 Å². The number of carbonyl (C=O) groups excluding carboxylic acids is 2. The number of benzene rings is 1. The van der Waals surface area contributed by atoms with Gasteiger partial charge in [0, 0.05) is 35.8 Å². The van der Waals surface area contributed by atoms with Gasteiger partial charge in [0.1, 0.15) is 0 Å². The molecule has 2 heterocycles. The third-order valence-electron chi connectivity index (χ3n) is 5.26. The van der Waals surface area contributed by atoms with Crippen LogP contribution in [-0.2, 0) is 16.0 Å². The second-order valence-corrected chi connectivity index (χ2v) is 7.24. The zero-order valence-electron chi connectivity index (χ0n) is 15.0. The predicted octanol–water partition coefficient (Wildman–Crippen LogP) is 3.37. The van der Waals surface area contributed by atoms with Crippen molar-refractivity contribution in [2.24, 2.45) is 0 Å². The van der Waals surface area contributed by atoms with E-state index in [0.29, 0.717) is 18.2 Å². The van der Waals surface area contributed by atoms with Gasteiger partial charge in [0.05, 0.1) is 6.42 Å². The van der Waals surface area contributed by atoms with Crippen LogP contribution in [0.15, 0.2) is 30.3 Å². The first-order valence-corrected chi connectivity index (χ1v) is 9.40. The second kappa shape index (κ2) is 6.94. The number of nitrogens with one attached hydrogen (secondary N) is 2. The molecule has 1 atom stereocenters. The van der Waals surface area contributed by atoms with Crippen LogP contribution in [0.2, 0.25) is 0 Å². The molecule has 1 saturated carbocycles. The van der Waals surface area contributed by atoms with Gasteiger partial charge in [0.15, 0.2) is 5.82 Å². The smallest absolute Gasteiger partial charge is 0.229 e. The van der Waals surface area contributed by atoms with Crippen molar-refractivity contribution in [1.82, 2.24) is 10.2 Å². The summed E-state index contributed by atoms with van der Waals surface area (Å²) in [6.07, 6.45) is 5.18. The summed E-state index contributed by atoms with van der Waals surface area (Å²) in [4.78, 5) is 26.3. The largest absolute Gasteiger partial charge is 0.309 e.